The second kappa shape index (κ2) is 10.1. The van der Waals surface area contributed by atoms with Crippen molar-refractivity contribution in [2.24, 2.45) is 0 Å². The van der Waals surface area contributed by atoms with E-state index in [0.717, 1.165) is 33.5 Å². The Bertz CT molecular complexity index is 1200. The van der Waals surface area contributed by atoms with E-state index in [1.165, 1.54) is 5.56 Å². The summed E-state index contributed by atoms with van der Waals surface area (Å²) in [6.07, 6.45) is 1.03. The summed E-state index contributed by atoms with van der Waals surface area (Å²) in [7, 11) is 0. The van der Waals surface area contributed by atoms with Gasteiger partial charge in [-0.15, -0.1) is 5.10 Å². The van der Waals surface area contributed by atoms with E-state index in [9.17, 15) is 4.79 Å². The van der Waals surface area contributed by atoms with Crippen molar-refractivity contribution >= 4 is 39.4 Å². The number of Topliss-reactive ketones (excluding diaryl/α,β-unsaturated/α-hetero) is 1. The van der Waals surface area contributed by atoms with E-state index in [0.29, 0.717) is 29.0 Å². The van der Waals surface area contributed by atoms with Gasteiger partial charge >= 0.3 is 0 Å². The molecule has 33 heavy (non-hydrogen) atoms. The Labute approximate surface area is 207 Å². The number of thioether (sulfide) groups is 1. The Morgan fingerprint density at radius 3 is 2.67 bits per heavy atom. The Hall–Kier alpha value is -2.58. The van der Waals surface area contributed by atoms with Crippen LogP contribution in [0.15, 0.2) is 63.4 Å². The van der Waals surface area contributed by atoms with Crippen LogP contribution in [0.25, 0.3) is 0 Å². The third kappa shape index (κ3) is 5.17. The lowest BCUT2D eigenvalue weighted by Crippen LogP contribution is -2.28. The molecule has 1 aliphatic rings. The lowest BCUT2D eigenvalue weighted by molar-refractivity contribution is -0.114. The normalized spacial score (nSPS) is 15.2. The molecule has 0 amide bonds. The van der Waals surface area contributed by atoms with Crippen molar-refractivity contribution < 1.29 is 9.53 Å². The molecule has 4 rings (SSSR count). The van der Waals surface area contributed by atoms with E-state index in [2.05, 4.69) is 64.3 Å². The van der Waals surface area contributed by atoms with Crippen molar-refractivity contribution in [2.75, 3.05) is 11.1 Å². The molecular weight excluding hydrogens is 500 g/mol. The predicted molar refractivity (Wildman–Crippen MR) is 136 cm³/mol. The molecule has 3 aromatic rings. The summed E-state index contributed by atoms with van der Waals surface area (Å²) in [5.74, 6) is 2.26. The molecule has 172 valence electrons. The van der Waals surface area contributed by atoms with Crippen LogP contribution in [0, 0.1) is 6.92 Å². The molecule has 0 radical (unpaired) electrons. The van der Waals surface area contributed by atoms with Crippen LogP contribution in [-0.4, -0.2) is 26.3 Å². The number of hydrogen-bond acceptors (Lipinski definition) is 6. The molecule has 0 fully saturated rings. The summed E-state index contributed by atoms with van der Waals surface area (Å²) in [4.78, 5) is 17.4. The number of ether oxygens (including phenoxy) is 1. The number of allylic oxidation sites excluding steroid dienone is 2. The van der Waals surface area contributed by atoms with Crippen molar-refractivity contribution in [3.8, 4) is 5.75 Å². The van der Waals surface area contributed by atoms with Crippen LogP contribution in [0.3, 0.4) is 0 Å². The second-order valence-electron chi connectivity index (χ2n) is 8.09. The molecule has 2 heterocycles. The van der Waals surface area contributed by atoms with Crippen molar-refractivity contribution in [2.45, 2.75) is 51.9 Å². The fourth-order valence-electron chi connectivity index (χ4n) is 3.84. The van der Waals surface area contributed by atoms with Gasteiger partial charge in [0.15, 0.2) is 5.78 Å². The zero-order valence-electron chi connectivity index (χ0n) is 19.2. The smallest absolute Gasteiger partial charge is 0.227 e. The first-order chi connectivity index (χ1) is 15.9. The largest absolute Gasteiger partial charge is 0.489 e. The minimum atomic E-state index is -0.437. The maximum absolute atomic E-state index is 12.8. The number of aromatic nitrogens is 3. The summed E-state index contributed by atoms with van der Waals surface area (Å²) in [6, 6.07) is 13.7. The van der Waals surface area contributed by atoms with Crippen LogP contribution in [0.5, 0.6) is 5.75 Å². The number of anilines is 1. The van der Waals surface area contributed by atoms with E-state index < -0.39 is 6.04 Å². The van der Waals surface area contributed by atoms with Gasteiger partial charge in [0.25, 0.3) is 0 Å². The minimum absolute atomic E-state index is 0.0154. The average molecular weight is 527 g/mol. The maximum atomic E-state index is 12.8. The van der Waals surface area contributed by atoms with Gasteiger partial charge in [-0.05, 0) is 51.0 Å². The van der Waals surface area contributed by atoms with Crippen LogP contribution in [0.4, 0.5) is 5.95 Å². The highest BCUT2D eigenvalue weighted by molar-refractivity contribution is 9.10. The molecule has 0 saturated carbocycles. The van der Waals surface area contributed by atoms with Crippen LogP contribution in [-0.2, 0) is 11.4 Å². The average Bonchev–Trinajstić information content (AvgIpc) is 3.19. The molecule has 0 aliphatic carbocycles. The van der Waals surface area contributed by atoms with Gasteiger partial charge in [0.1, 0.15) is 18.4 Å². The molecule has 8 heteroatoms. The van der Waals surface area contributed by atoms with Gasteiger partial charge in [-0.3, -0.25) is 4.79 Å². The number of benzene rings is 2. The predicted octanol–water partition coefficient (Wildman–Crippen LogP) is 6.31. The number of ketones is 1. The molecular formula is C25H27BrN4O2S. The molecule has 1 aromatic heterocycles. The molecule has 0 bridgehead atoms. The number of carbonyl (C=O) groups is 1. The van der Waals surface area contributed by atoms with Crippen LogP contribution in [0.1, 0.15) is 49.9 Å². The molecule has 0 spiro atoms. The lowest BCUT2D eigenvalue weighted by atomic mass is 9.92. The Morgan fingerprint density at radius 1 is 1.21 bits per heavy atom. The third-order valence-corrected chi connectivity index (χ3v) is 6.97. The lowest BCUT2D eigenvalue weighted by Gasteiger charge is -2.29. The van der Waals surface area contributed by atoms with Crippen molar-refractivity contribution in [1.82, 2.24) is 14.8 Å². The number of nitrogens with zero attached hydrogens (tertiary/aromatic N) is 3. The molecule has 1 aliphatic heterocycles. The van der Waals surface area contributed by atoms with Gasteiger partial charge in [-0.2, -0.15) is 4.98 Å². The number of fused-ring (bicyclic) bond motifs is 1. The quantitative estimate of drug-likeness (QED) is 0.347. The molecule has 2 aromatic carbocycles. The number of hydrogen-bond donors (Lipinski definition) is 1. The zero-order valence-corrected chi connectivity index (χ0v) is 21.6. The fraction of sp³-hybridized carbons (Fsp3) is 0.320. The Kier molecular flexibility index (Phi) is 7.24. The second-order valence-corrected chi connectivity index (χ2v) is 10.1. The standard InChI is InChI=1S/C25H27BrN4O2S/c1-5-12-33-25-28-24-27-16(3)22(17(4)31)23(30(24)29-25)20-13-19(26)10-11-21(20)32-14-18-8-6-15(2)7-9-18/h6-11,13,23H,5,12,14H2,1-4H3,(H,27,28,29). The van der Waals surface area contributed by atoms with Gasteiger partial charge in [0, 0.05) is 27.1 Å². The first-order valence-electron chi connectivity index (χ1n) is 10.9. The summed E-state index contributed by atoms with van der Waals surface area (Å²) in [6.45, 7) is 8.12. The fourth-order valence-corrected chi connectivity index (χ4v) is 4.90. The Morgan fingerprint density at radius 2 is 1.97 bits per heavy atom. The Balaban J connectivity index is 1.77. The third-order valence-electron chi connectivity index (χ3n) is 5.43. The maximum Gasteiger partial charge on any atom is 0.227 e. The highest BCUT2D eigenvalue weighted by Gasteiger charge is 2.34. The summed E-state index contributed by atoms with van der Waals surface area (Å²) < 4.78 is 8.99. The number of halogens is 1. The van der Waals surface area contributed by atoms with Crippen molar-refractivity contribution in [3.05, 3.63) is 74.9 Å². The molecule has 6 nitrogen and oxygen atoms in total. The minimum Gasteiger partial charge on any atom is -0.489 e. The van der Waals surface area contributed by atoms with E-state index in [4.69, 9.17) is 9.84 Å². The van der Waals surface area contributed by atoms with Gasteiger partial charge in [-0.1, -0.05) is 64.4 Å². The van der Waals surface area contributed by atoms with Crippen molar-refractivity contribution in [1.29, 1.82) is 0 Å². The van der Waals surface area contributed by atoms with E-state index in [1.807, 2.05) is 29.8 Å². The van der Waals surface area contributed by atoms with Gasteiger partial charge in [0.2, 0.25) is 11.1 Å². The number of aryl methyl sites for hydroxylation is 1. The molecule has 1 atom stereocenters. The highest BCUT2D eigenvalue weighted by Crippen LogP contribution is 2.41. The number of carbonyl (C=O) groups excluding carboxylic acids is 1. The zero-order chi connectivity index (χ0) is 23.5. The van der Waals surface area contributed by atoms with Crippen LogP contribution >= 0.6 is 27.7 Å². The molecule has 0 saturated heterocycles. The first kappa shape index (κ1) is 23.6. The van der Waals surface area contributed by atoms with E-state index in [-0.39, 0.29) is 5.78 Å². The summed E-state index contributed by atoms with van der Waals surface area (Å²) in [5, 5.41) is 8.72. The van der Waals surface area contributed by atoms with Crippen LogP contribution in [0.2, 0.25) is 0 Å². The number of rotatable bonds is 8. The van der Waals surface area contributed by atoms with E-state index in [1.54, 1.807) is 18.7 Å². The first-order valence-corrected chi connectivity index (χ1v) is 12.7. The highest BCUT2D eigenvalue weighted by atomic mass is 79.9. The SMILES string of the molecule is CCCSc1nc2n(n1)C(c1cc(Br)ccc1OCc1ccc(C)cc1)C(C(C)=O)=C(C)N2. The van der Waals surface area contributed by atoms with Crippen LogP contribution < -0.4 is 10.1 Å². The monoisotopic (exact) mass is 526 g/mol. The van der Waals surface area contributed by atoms with Crippen molar-refractivity contribution in [3.63, 3.8) is 0 Å². The van der Waals surface area contributed by atoms with Gasteiger partial charge in [0.05, 0.1) is 0 Å². The molecule has 1 N–H and O–H groups in total. The van der Waals surface area contributed by atoms with Gasteiger partial charge in [-0.25, -0.2) is 4.68 Å². The number of nitrogens with one attached hydrogen (secondary N) is 1. The van der Waals surface area contributed by atoms with E-state index >= 15 is 0 Å². The summed E-state index contributed by atoms with van der Waals surface area (Å²) >= 11 is 5.21. The molecule has 1 unspecified atom stereocenters. The van der Waals surface area contributed by atoms with Gasteiger partial charge < -0.3 is 10.1 Å². The topological polar surface area (TPSA) is 69.0 Å². The summed E-state index contributed by atoms with van der Waals surface area (Å²) in [5.41, 5.74) is 4.58.